The summed E-state index contributed by atoms with van der Waals surface area (Å²) in [6, 6.07) is 8.67. The van der Waals surface area contributed by atoms with Crippen LogP contribution in [0.2, 0.25) is 0 Å². The SMILES string of the molecule is Cc1ccccc1CC1=NC(O)=C(O)CN1C1CCC1. The molecule has 1 aromatic rings. The van der Waals surface area contributed by atoms with Gasteiger partial charge in [0.25, 0.3) is 5.88 Å². The number of aliphatic imine (C=N–C) groups is 1. The number of aryl methyl sites for hydroxylation is 1. The lowest BCUT2D eigenvalue weighted by atomic mass is 9.90. The van der Waals surface area contributed by atoms with Crippen LogP contribution in [-0.4, -0.2) is 33.5 Å². The second kappa shape index (κ2) is 5.19. The molecule has 0 atom stereocenters. The summed E-state index contributed by atoms with van der Waals surface area (Å²) in [6.07, 6.45) is 4.21. The van der Waals surface area contributed by atoms with E-state index in [0.29, 0.717) is 19.0 Å². The van der Waals surface area contributed by atoms with E-state index in [2.05, 4.69) is 28.9 Å². The lowest BCUT2D eigenvalue weighted by Crippen LogP contribution is -2.47. The maximum absolute atomic E-state index is 9.74. The van der Waals surface area contributed by atoms with Crippen molar-refractivity contribution < 1.29 is 10.2 Å². The molecule has 1 saturated carbocycles. The second-order valence-corrected chi connectivity index (χ2v) is 5.61. The van der Waals surface area contributed by atoms with Crippen molar-refractivity contribution in [1.82, 2.24) is 4.90 Å². The topological polar surface area (TPSA) is 56.1 Å². The normalized spacial score (nSPS) is 19.9. The van der Waals surface area contributed by atoms with E-state index in [1.54, 1.807) is 0 Å². The summed E-state index contributed by atoms with van der Waals surface area (Å²) in [5.41, 5.74) is 2.44. The molecular formula is C16H20N2O2. The molecule has 0 saturated heterocycles. The fourth-order valence-electron chi connectivity index (χ4n) is 2.73. The van der Waals surface area contributed by atoms with Gasteiger partial charge >= 0.3 is 0 Å². The van der Waals surface area contributed by atoms with Crippen LogP contribution in [0.4, 0.5) is 0 Å². The highest BCUT2D eigenvalue weighted by Crippen LogP contribution is 2.29. The fourth-order valence-corrected chi connectivity index (χ4v) is 2.73. The van der Waals surface area contributed by atoms with E-state index in [-0.39, 0.29) is 11.6 Å². The molecule has 0 unspecified atom stereocenters. The van der Waals surface area contributed by atoms with Gasteiger partial charge in [0, 0.05) is 12.5 Å². The van der Waals surface area contributed by atoms with Crippen LogP contribution in [0.5, 0.6) is 0 Å². The number of nitrogens with zero attached hydrogens (tertiary/aromatic N) is 2. The van der Waals surface area contributed by atoms with Crippen LogP contribution in [-0.2, 0) is 6.42 Å². The summed E-state index contributed by atoms with van der Waals surface area (Å²) in [5, 5.41) is 19.4. The highest BCUT2D eigenvalue weighted by atomic mass is 16.3. The summed E-state index contributed by atoms with van der Waals surface area (Å²) in [5.74, 6) is 0.605. The van der Waals surface area contributed by atoms with Crippen molar-refractivity contribution in [3.63, 3.8) is 0 Å². The molecule has 4 nitrogen and oxygen atoms in total. The van der Waals surface area contributed by atoms with E-state index in [0.717, 1.165) is 18.7 Å². The monoisotopic (exact) mass is 272 g/mol. The number of benzene rings is 1. The van der Waals surface area contributed by atoms with E-state index >= 15 is 0 Å². The average molecular weight is 272 g/mol. The maximum Gasteiger partial charge on any atom is 0.253 e. The predicted octanol–water partition coefficient (Wildman–Crippen LogP) is 3.09. The Morgan fingerprint density at radius 1 is 1.25 bits per heavy atom. The summed E-state index contributed by atoms with van der Waals surface area (Å²) >= 11 is 0. The Morgan fingerprint density at radius 3 is 2.65 bits per heavy atom. The lowest BCUT2D eigenvalue weighted by Gasteiger charge is -2.40. The van der Waals surface area contributed by atoms with Crippen molar-refractivity contribution in [2.24, 2.45) is 4.99 Å². The van der Waals surface area contributed by atoms with Crippen LogP contribution in [0.3, 0.4) is 0 Å². The Bertz CT molecular complexity index is 574. The van der Waals surface area contributed by atoms with E-state index in [1.807, 2.05) is 12.1 Å². The molecule has 0 radical (unpaired) electrons. The summed E-state index contributed by atoms with van der Waals surface area (Å²) in [4.78, 5) is 6.36. The van der Waals surface area contributed by atoms with Crippen LogP contribution in [0.15, 0.2) is 40.9 Å². The largest absolute Gasteiger partial charge is 0.506 e. The molecule has 106 valence electrons. The summed E-state index contributed by atoms with van der Waals surface area (Å²) in [6.45, 7) is 2.46. The molecule has 1 fully saturated rings. The Labute approximate surface area is 119 Å². The molecule has 1 aliphatic heterocycles. The molecule has 3 rings (SSSR count). The Kier molecular flexibility index (Phi) is 3.38. The van der Waals surface area contributed by atoms with E-state index in [9.17, 15) is 10.2 Å². The van der Waals surface area contributed by atoms with Gasteiger partial charge in [-0.3, -0.25) is 0 Å². The van der Waals surface area contributed by atoms with Crippen molar-refractivity contribution >= 4 is 5.84 Å². The quantitative estimate of drug-likeness (QED) is 0.889. The molecule has 1 aliphatic carbocycles. The van der Waals surface area contributed by atoms with Crippen LogP contribution in [0.1, 0.15) is 30.4 Å². The first-order valence-electron chi connectivity index (χ1n) is 7.15. The van der Waals surface area contributed by atoms with E-state index in [4.69, 9.17) is 0 Å². The first-order valence-corrected chi connectivity index (χ1v) is 7.15. The molecule has 0 bridgehead atoms. The molecule has 2 N–H and O–H groups in total. The number of hydrogen-bond acceptors (Lipinski definition) is 4. The summed E-state index contributed by atoms with van der Waals surface area (Å²) in [7, 11) is 0. The average Bonchev–Trinajstić information content (AvgIpc) is 2.36. The third kappa shape index (κ3) is 2.38. The number of rotatable bonds is 3. The van der Waals surface area contributed by atoms with Gasteiger partial charge in [-0.2, -0.15) is 4.99 Å². The number of amidine groups is 1. The lowest BCUT2D eigenvalue weighted by molar-refractivity contribution is 0.179. The van der Waals surface area contributed by atoms with Crippen molar-refractivity contribution in [3.05, 3.63) is 47.0 Å². The van der Waals surface area contributed by atoms with Crippen LogP contribution < -0.4 is 0 Å². The molecule has 2 aliphatic rings. The first-order chi connectivity index (χ1) is 9.65. The van der Waals surface area contributed by atoms with Gasteiger partial charge in [0.05, 0.1) is 6.54 Å². The highest BCUT2D eigenvalue weighted by molar-refractivity contribution is 5.87. The minimum atomic E-state index is -0.232. The first kappa shape index (κ1) is 13.0. The molecule has 1 aromatic carbocycles. The molecule has 20 heavy (non-hydrogen) atoms. The van der Waals surface area contributed by atoms with Gasteiger partial charge in [-0.15, -0.1) is 0 Å². The standard InChI is InChI=1S/C16H20N2O2/c1-11-5-2-3-6-12(11)9-15-17-16(20)14(19)10-18(15)13-7-4-8-13/h2-3,5-6,13,19-20H,4,7-10H2,1H3. The Hall–Kier alpha value is -1.97. The van der Waals surface area contributed by atoms with Gasteiger partial charge < -0.3 is 15.1 Å². The highest BCUT2D eigenvalue weighted by Gasteiger charge is 2.31. The second-order valence-electron chi connectivity index (χ2n) is 5.61. The smallest absolute Gasteiger partial charge is 0.253 e. The van der Waals surface area contributed by atoms with E-state index in [1.165, 1.54) is 17.5 Å². The van der Waals surface area contributed by atoms with E-state index < -0.39 is 0 Å². The molecule has 4 heteroatoms. The van der Waals surface area contributed by atoms with Gasteiger partial charge in [-0.05, 0) is 37.3 Å². The number of hydrogen-bond donors (Lipinski definition) is 2. The third-order valence-corrected chi connectivity index (χ3v) is 4.27. The predicted molar refractivity (Wildman–Crippen MR) is 78.9 cm³/mol. The zero-order valence-corrected chi connectivity index (χ0v) is 11.7. The van der Waals surface area contributed by atoms with Crippen LogP contribution in [0.25, 0.3) is 0 Å². The Balaban J connectivity index is 1.87. The Morgan fingerprint density at radius 2 is 2.00 bits per heavy atom. The zero-order chi connectivity index (χ0) is 14.1. The van der Waals surface area contributed by atoms with Crippen molar-refractivity contribution in [3.8, 4) is 0 Å². The van der Waals surface area contributed by atoms with Crippen molar-refractivity contribution in [1.29, 1.82) is 0 Å². The van der Waals surface area contributed by atoms with Gasteiger partial charge in [0.15, 0.2) is 5.76 Å². The maximum atomic E-state index is 9.74. The van der Waals surface area contributed by atoms with Crippen LogP contribution >= 0.6 is 0 Å². The molecule has 0 aromatic heterocycles. The van der Waals surface area contributed by atoms with Crippen molar-refractivity contribution in [2.75, 3.05) is 6.54 Å². The number of aliphatic hydroxyl groups is 2. The molecule has 0 amide bonds. The minimum absolute atomic E-state index is 0.0227. The summed E-state index contributed by atoms with van der Waals surface area (Å²) < 4.78 is 0. The van der Waals surface area contributed by atoms with Gasteiger partial charge in [-0.25, -0.2) is 0 Å². The third-order valence-electron chi connectivity index (χ3n) is 4.27. The van der Waals surface area contributed by atoms with Gasteiger partial charge in [0.2, 0.25) is 0 Å². The van der Waals surface area contributed by atoms with Gasteiger partial charge in [0.1, 0.15) is 5.84 Å². The van der Waals surface area contributed by atoms with Gasteiger partial charge in [-0.1, -0.05) is 24.3 Å². The fraction of sp³-hybridized carbons (Fsp3) is 0.438. The van der Waals surface area contributed by atoms with Crippen LogP contribution in [0, 0.1) is 6.92 Å². The number of aliphatic hydroxyl groups excluding tert-OH is 2. The minimum Gasteiger partial charge on any atom is -0.506 e. The van der Waals surface area contributed by atoms with Crippen molar-refractivity contribution in [2.45, 2.75) is 38.6 Å². The molecule has 0 spiro atoms. The zero-order valence-electron chi connectivity index (χ0n) is 11.7. The molecule has 1 heterocycles. The molecular weight excluding hydrogens is 252 g/mol.